The summed E-state index contributed by atoms with van der Waals surface area (Å²) >= 11 is 2.03. The minimum atomic E-state index is -0.304. The Labute approximate surface area is 118 Å². The first-order valence-corrected chi connectivity index (χ1v) is 8.08. The summed E-state index contributed by atoms with van der Waals surface area (Å²) in [6.07, 6.45) is 3.53. The summed E-state index contributed by atoms with van der Waals surface area (Å²) in [5.74, 6) is 4.44. The smallest absolute Gasteiger partial charge is 0.226 e. The van der Waals surface area contributed by atoms with E-state index in [1.54, 1.807) is 0 Å². The van der Waals surface area contributed by atoms with Crippen molar-refractivity contribution in [3.63, 3.8) is 0 Å². The molecule has 5 nitrogen and oxygen atoms in total. The summed E-state index contributed by atoms with van der Waals surface area (Å²) in [7, 11) is 0. The average Bonchev–Trinajstić information content (AvgIpc) is 2.85. The zero-order chi connectivity index (χ0) is 13.7. The van der Waals surface area contributed by atoms with Crippen LogP contribution < -0.4 is 5.73 Å². The van der Waals surface area contributed by atoms with E-state index in [0.717, 1.165) is 6.42 Å². The molecule has 0 aliphatic carbocycles. The Bertz CT molecular complexity index is 378. The maximum absolute atomic E-state index is 5.98. The molecule has 108 valence electrons. The second kappa shape index (κ2) is 7.26. The summed E-state index contributed by atoms with van der Waals surface area (Å²) in [6, 6.07) is -0.304. The average molecular weight is 285 g/mol. The van der Waals surface area contributed by atoms with Crippen LogP contribution in [0, 0.1) is 5.92 Å². The van der Waals surface area contributed by atoms with Crippen molar-refractivity contribution < 1.29 is 9.26 Å². The Hall–Kier alpha value is -0.590. The number of nitrogens with two attached hydrogens (primary N) is 1. The molecule has 0 aromatic carbocycles. The van der Waals surface area contributed by atoms with Crippen LogP contribution in [0.1, 0.15) is 44.4 Å². The highest BCUT2D eigenvalue weighted by Gasteiger charge is 2.20. The normalized spacial score (nSPS) is 18.9. The van der Waals surface area contributed by atoms with Crippen molar-refractivity contribution in [1.82, 2.24) is 10.1 Å². The van der Waals surface area contributed by atoms with Gasteiger partial charge in [-0.3, -0.25) is 0 Å². The molecular weight excluding hydrogens is 262 g/mol. The summed E-state index contributed by atoms with van der Waals surface area (Å²) < 4.78 is 10.8. The summed E-state index contributed by atoms with van der Waals surface area (Å²) in [5.41, 5.74) is 5.98. The van der Waals surface area contributed by atoms with Gasteiger partial charge in [0.1, 0.15) is 0 Å². The highest BCUT2D eigenvalue weighted by Crippen LogP contribution is 2.25. The molecule has 19 heavy (non-hydrogen) atoms. The molecule has 2 N–H and O–H groups in total. The van der Waals surface area contributed by atoms with Gasteiger partial charge in [-0.2, -0.15) is 16.7 Å². The molecular formula is C13H23N3O2S. The number of nitrogens with zero attached hydrogens (tertiary/aromatic N) is 2. The van der Waals surface area contributed by atoms with Gasteiger partial charge in [0, 0.05) is 6.42 Å². The molecule has 1 saturated heterocycles. The molecule has 6 heteroatoms. The fourth-order valence-corrected chi connectivity index (χ4v) is 3.27. The minimum absolute atomic E-state index is 0.164. The lowest BCUT2D eigenvalue weighted by atomic mass is 9.99. The van der Waals surface area contributed by atoms with Crippen LogP contribution >= 0.6 is 11.8 Å². The van der Waals surface area contributed by atoms with Crippen LogP contribution in [0.25, 0.3) is 0 Å². The first-order chi connectivity index (χ1) is 9.15. The fraction of sp³-hybridized carbons (Fsp3) is 0.846. The highest BCUT2D eigenvalue weighted by atomic mass is 32.2. The van der Waals surface area contributed by atoms with Crippen molar-refractivity contribution in [2.45, 2.75) is 45.3 Å². The molecule has 1 aromatic heterocycles. The van der Waals surface area contributed by atoms with Crippen molar-refractivity contribution in [3.05, 3.63) is 11.7 Å². The molecule has 0 radical (unpaired) electrons. The van der Waals surface area contributed by atoms with E-state index in [2.05, 4.69) is 10.1 Å². The Kier molecular flexibility index (Phi) is 5.66. The second-order valence-corrected chi connectivity index (χ2v) is 6.52. The molecule has 1 aromatic rings. The molecule has 1 unspecified atom stereocenters. The predicted octanol–water partition coefficient (Wildman–Crippen LogP) is 2.18. The van der Waals surface area contributed by atoms with Crippen molar-refractivity contribution in [2.75, 3.05) is 18.1 Å². The quantitative estimate of drug-likeness (QED) is 0.863. The van der Waals surface area contributed by atoms with Gasteiger partial charge in [-0.05, 0) is 44.1 Å². The molecule has 0 amide bonds. The Morgan fingerprint density at radius 1 is 1.42 bits per heavy atom. The molecule has 0 spiro atoms. The highest BCUT2D eigenvalue weighted by molar-refractivity contribution is 7.99. The summed E-state index contributed by atoms with van der Waals surface area (Å²) in [4.78, 5) is 4.39. The Morgan fingerprint density at radius 2 is 2.16 bits per heavy atom. The van der Waals surface area contributed by atoms with Crippen LogP contribution in [0.5, 0.6) is 0 Å². The maximum atomic E-state index is 5.98. The second-order valence-electron chi connectivity index (χ2n) is 5.29. The van der Waals surface area contributed by atoms with Gasteiger partial charge in [0.05, 0.1) is 18.8 Å². The van der Waals surface area contributed by atoms with Gasteiger partial charge in [-0.1, -0.05) is 5.16 Å². The van der Waals surface area contributed by atoms with Crippen LogP contribution in [-0.4, -0.2) is 34.4 Å². The van der Waals surface area contributed by atoms with E-state index in [9.17, 15) is 0 Å². The topological polar surface area (TPSA) is 74.2 Å². The Balaban J connectivity index is 1.83. The minimum Gasteiger partial charge on any atom is -0.377 e. The van der Waals surface area contributed by atoms with E-state index >= 15 is 0 Å². The summed E-state index contributed by atoms with van der Waals surface area (Å²) in [6.45, 7) is 4.39. The lowest BCUT2D eigenvalue weighted by Crippen LogP contribution is -2.21. The molecule has 1 aliphatic heterocycles. The van der Waals surface area contributed by atoms with Gasteiger partial charge in [-0.25, -0.2) is 0 Å². The van der Waals surface area contributed by atoms with E-state index in [1.165, 1.54) is 24.3 Å². The lowest BCUT2D eigenvalue weighted by Gasteiger charge is -2.19. The number of ether oxygens (including phenoxy) is 1. The fourth-order valence-electron chi connectivity index (χ4n) is 2.07. The van der Waals surface area contributed by atoms with Crippen LogP contribution in [0.2, 0.25) is 0 Å². The number of aromatic nitrogens is 2. The third-order valence-corrected chi connectivity index (χ3v) is 4.28. The van der Waals surface area contributed by atoms with Crippen LogP contribution in [0.15, 0.2) is 4.52 Å². The van der Waals surface area contributed by atoms with E-state index in [0.29, 0.717) is 24.2 Å². The molecule has 1 fully saturated rings. The van der Waals surface area contributed by atoms with Crippen LogP contribution in [-0.2, 0) is 11.2 Å². The van der Waals surface area contributed by atoms with Crippen molar-refractivity contribution in [1.29, 1.82) is 0 Å². The van der Waals surface area contributed by atoms with Crippen LogP contribution in [0.3, 0.4) is 0 Å². The van der Waals surface area contributed by atoms with E-state index in [1.807, 2.05) is 25.6 Å². The number of rotatable bonds is 6. The molecule has 0 bridgehead atoms. The molecule has 1 aliphatic rings. The van der Waals surface area contributed by atoms with Gasteiger partial charge in [0.15, 0.2) is 5.82 Å². The van der Waals surface area contributed by atoms with E-state index in [4.69, 9.17) is 15.0 Å². The maximum Gasteiger partial charge on any atom is 0.226 e. The van der Waals surface area contributed by atoms with Gasteiger partial charge in [-0.15, -0.1) is 0 Å². The van der Waals surface area contributed by atoms with Crippen molar-refractivity contribution in [3.8, 4) is 0 Å². The molecule has 0 saturated carbocycles. The largest absolute Gasteiger partial charge is 0.377 e. The van der Waals surface area contributed by atoms with E-state index < -0.39 is 0 Å². The van der Waals surface area contributed by atoms with Crippen molar-refractivity contribution in [2.24, 2.45) is 11.7 Å². The zero-order valence-corrected chi connectivity index (χ0v) is 12.5. The third kappa shape index (κ3) is 4.78. The third-order valence-electron chi connectivity index (χ3n) is 3.23. The number of hydrogen-bond acceptors (Lipinski definition) is 6. The summed E-state index contributed by atoms with van der Waals surface area (Å²) in [5, 5.41) is 3.96. The van der Waals surface area contributed by atoms with Gasteiger partial charge in [0.2, 0.25) is 5.89 Å². The van der Waals surface area contributed by atoms with E-state index in [-0.39, 0.29) is 12.1 Å². The van der Waals surface area contributed by atoms with Gasteiger partial charge in [0.25, 0.3) is 0 Å². The number of thioether (sulfide) groups is 1. The molecule has 2 rings (SSSR count). The Morgan fingerprint density at radius 3 is 2.84 bits per heavy atom. The first kappa shape index (κ1) is 14.8. The van der Waals surface area contributed by atoms with Crippen LogP contribution in [0.4, 0.5) is 0 Å². The molecule has 2 heterocycles. The van der Waals surface area contributed by atoms with Gasteiger partial charge < -0.3 is 15.0 Å². The first-order valence-electron chi connectivity index (χ1n) is 6.92. The van der Waals surface area contributed by atoms with Gasteiger partial charge >= 0.3 is 0 Å². The van der Waals surface area contributed by atoms with Crippen molar-refractivity contribution >= 4 is 11.8 Å². The standard InChI is InChI=1S/C13H23N3O2S/c1-9(2)17-8-11(14)13-15-12(18-16-13)7-10-3-5-19-6-4-10/h9-11H,3-8,14H2,1-2H3. The lowest BCUT2D eigenvalue weighted by molar-refractivity contribution is 0.0665. The number of hydrogen-bond donors (Lipinski definition) is 1. The monoisotopic (exact) mass is 285 g/mol. The molecule has 1 atom stereocenters. The SMILES string of the molecule is CC(C)OCC(N)c1noc(CC2CCSCC2)n1. The predicted molar refractivity (Wildman–Crippen MR) is 76.1 cm³/mol. The zero-order valence-electron chi connectivity index (χ0n) is 11.7.